The molecule has 5 rings (SSSR count). The van der Waals surface area contributed by atoms with Gasteiger partial charge in [0.2, 0.25) is 11.7 Å². The second kappa shape index (κ2) is 9.83. The molecule has 3 heterocycles. The molecule has 2 aliphatic heterocycles. The summed E-state index contributed by atoms with van der Waals surface area (Å²) in [4.78, 5) is 6.06. The van der Waals surface area contributed by atoms with E-state index in [-0.39, 0.29) is 12.5 Å². The molecule has 184 valence electrons. The summed E-state index contributed by atoms with van der Waals surface area (Å²) in [5, 5.41) is 21.8. The Morgan fingerprint density at radius 2 is 2.03 bits per heavy atom. The standard InChI is InChI=1S/C25H29N5O5/c1-15-11-17(23-28-24(35-29-23)19-13-18(31)14-30(19)25(26)27)5-7-20(15)32-8-2-3-16-4-6-21-22(12-16)34-10-9-33-21/h4-7,11-12,18-19,31H,2-3,8-10,13-14H2,1H3,(H3,26,27)/t18-,19+/m1/s1. The fourth-order valence-corrected chi connectivity index (χ4v) is 4.45. The minimum absolute atomic E-state index is 0.127. The van der Waals surface area contributed by atoms with E-state index in [4.69, 9.17) is 29.9 Å². The number of β-amino-alcohol motifs (C(OH)–C–C–N with tert-alkyl or cyclic N) is 1. The molecular formula is C25H29N5O5. The van der Waals surface area contributed by atoms with Gasteiger partial charge in [-0.05, 0) is 61.2 Å². The molecule has 10 nitrogen and oxygen atoms in total. The Hall–Kier alpha value is -3.79. The molecule has 2 aromatic carbocycles. The van der Waals surface area contributed by atoms with Crippen molar-refractivity contribution >= 4 is 5.96 Å². The van der Waals surface area contributed by atoms with Crippen molar-refractivity contribution in [3.63, 3.8) is 0 Å². The minimum Gasteiger partial charge on any atom is -0.493 e. The first-order valence-corrected chi connectivity index (χ1v) is 11.7. The smallest absolute Gasteiger partial charge is 0.249 e. The third-order valence-electron chi connectivity index (χ3n) is 6.22. The fourth-order valence-electron chi connectivity index (χ4n) is 4.45. The molecule has 1 fully saturated rings. The van der Waals surface area contributed by atoms with Crippen molar-refractivity contribution < 1.29 is 23.8 Å². The van der Waals surface area contributed by atoms with E-state index in [0.29, 0.717) is 38.0 Å². The molecule has 35 heavy (non-hydrogen) atoms. The van der Waals surface area contributed by atoms with E-state index in [1.165, 1.54) is 5.56 Å². The Kier molecular flexibility index (Phi) is 6.45. The first kappa shape index (κ1) is 23.0. The number of aliphatic hydroxyl groups is 1. The van der Waals surface area contributed by atoms with Gasteiger partial charge in [0.25, 0.3) is 0 Å². The van der Waals surface area contributed by atoms with E-state index >= 15 is 0 Å². The van der Waals surface area contributed by atoms with Gasteiger partial charge in [0.1, 0.15) is 25.0 Å². The lowest BCUT2D eigenvalue weighted by molar-refractivity contribution is 0.171. The highest BCUT2D eigenvalue weighted by Gasteiger charge is 2.36. The number of nitrogens with zero attached hydrogens (tertiary/aromatic N) is 3. The highest BCUT2D eigenvalue weighted by molar-refractivity contribution is 5.75. The molecule has 1 aromatic heterocycles. The van der Waals surface area contributed by atoms with Crippen LogP contribution >= 0.6 is 0 Å². The number of aliphatic hydroxyl groups excluding tert-OH is 1. The lowest BCUT2D eigenvalue weighted by Gasteiger charge is -2.20. The van der Waals surface area contributed by atoms with Gasteiger partial charge in [0, 0.05) is 18.5 Å². The number of rotatable bonds is 7. The summed E-state index contributed by atoms with van der Waals surface area (Å²) in [6.07, 6.45) is 1.55. The van der Waals surface area contributed by atoms with Gasteiger partial charge < -0.3 is 34.5 Å². The predicted octanol–water partition coefficient (Wildman–Crippen LogP) is 2.83. The third kappa shape index (κ3) is 5.02. The number of nitrogens with two attached hydrogens (primary N) is 1. The number of hydrogen-bond acceptors (Lipinski definition) is 8. The monoisotopic (exact) mass is 479 g/mol. The van der Waals surface area contributed by atoms with Gasteiger partial charge >= 0.3 is 0 Å². The van der Waals surface area contributed by atoms with Crippen molar-refractivity contribution in [2.75, 3.05) is 26.4 Å². The zero-order chi connectivity index (χ0) is 24.4. The summed E-state index contributed by atoms with van der Waals surface area (Å²) >= 11 is 0. The van der Waals surface area contributed by atoms with Crippen molar-refractivity contribution in [3.8, 4) is 28.6 Å². The van der Waals surface area contributed by atoms with Crippen LogP contribution in [-0.2, 0) is 6.42 Å². The van der Waals surface area contributed by atoms with Crippen LogP contribution in [0.15, 0.2) is 40.9 Å². The van der Waals surface area contributed by atoms with Crippen molar-refractivity contribution in [1.29, 1.82) is 5.41 Å². The molecule has 2 aliphatic rings. The van der Waals surface area contributed by atoms with Crippen LogP contribution in [-0.4, -0.2) is 58.6 Å². The van der Waals surface area contributed by atoms with Gasteiger partial charge in [0.05, 0.1) is 12.7 Å². The number of benzene rings is 2. The largest absolute Gasteiger partial charge is 0.493 e. The SMILES string of the molecule is Cc1cc(-c2noc([C@@H]3C[C@@H](O)CN3C(=N)N)n2)ccc1OCCCc1ccc2c(c1)OCCO2. The number of hydrogen-bond donors (Lipinski definition) is 3. The molecule has 0 saturated carbocycles. The molecule has 3 aromatic rings. The van der Waals surface area contributed by atoms with Gasteiger partial charge in [-0.25, -0.2) is 0 Å². The zero-order valence-corrected chi connectivity index (χ0v) is 19.6. The van der Waals surface area contributed by atoms with Crippen LogP contribution < -0.4 is 19.9 Å². The molecule has 0 spiro atoms. The quantitative estimate of drug-likeness (QED) is 0.265. The number of fused-ring (bicyclic) bond motifs is 1. The zero-order valence-electron chi connectivity index (χ0n) is 19.6. The van der Waals surface area contributed by atoms with E-state index < -0.39 is 12.1 Å². The molecule has 0 aliphatic carbocycles. The second-order valence-corrected chi connectivity index (χ2v) is 8.81. The molecular weight excluding hydrogens is 450 g/mol. The second-order valence-electron chi connectivity index (χ2n) is 8.81. The van der Waals surface area contributed by atoms with Crippen LogP contribution in [0.4, 0.5) is 0 Å². The Labute approximate surface area is 203 Å². The van der Waals surface area contributed by atoms with E-state index in [9.17, 15) is 5.11 Å². The lowest BCUT2D eigenvalue weighted by atomic mass is 10.1. The topological polar surface area (TPSA) is 140 Å². The van der Waals surface area contributed by atoms with Crippen molar-refractivity contribution in [3.05, 3.63) is 53.4 Å². The number of likely N-dealkylation sites (tertiary alicyclic amines) is 1. The summed E-state index contributed by atoms with van der Waals surface area (Å²) in [5.41, 5.74) is 8.59. The van der Waals surface area contributed by atoms with Crippen molar-refractivity contribution in [1.82, 2.24) is 15.0 Å². The molecule has 4 N–H and O–H groups in total. The molecule has 0 bridgehead atoms. The van der Waals surface area contributed by atoms with Crippen LogP contribution in [0.25, 0.3) is 11.4 Å². The number of nitrogens with one attached hydrogen (secondary N) is 1. The predicted molar refractivity (Wildman–Crippen MR) is 128 cm³/mol. The van der Waals surface area contributed by atoms with Crippen LogP contribution in [0.5, 0.6) is 17.2 Å². The van der Waals surface area contributed by atoms with E-state index in [0.717, 1.165) is 41.2 Å². The van der Waals surface area contributed by atoms with Crippen LogP contribution in [0.2, 0.25) is 0 Å². The third-order valence-corrected chi connectivity index (χ3v) is 6.22. The average Bonchev–Trinajstić information content (AvgIpc) is 3.49. The highest BCUT2D eigenvalue weighted by Crippen LogP contribution is 2.33. The maximum atomic E-state index is 9.96. The summed E-state index contributed by atoms with van der Waals surface area (Å²) in [6.45, 7) is 4.02. The normalized spacial score (nSPS) is 19.1. The number of ether oxygens (including phenoxy) is 3. The number of aryl methyl sites for hydroxylation is 2. The molecule has 0 unspecified atom stereocenters. The number of guanidine groups is 1. The maximum absolute atomic E-state index is 9.96. The Morgan fingerprint density at radius 1 is 1.20 bits per heavy atom. The fraction of sp³-hybridized carbons (Fsp3) is 0.400. The Bertz CT molecular complexity index is 1210. The van der Waals surface area contributed by atoms with Gasteiger partial charge in [0.15, 0.2) is 17.5 Å². The molecule has 0 amide bonds. The van der Waals surface area contributed by atoms with Crippen molar-refractivity contribution in [2.45, 2.75) is 38.3 Å². The molecule has 2 atom stereocenters. The maximum Gasteiger partial charge on any atom is 0.249 e. The summed E-state index contributed by atoms with van der Waals surface area (Å²) < 4.78 is 22.7. The van der Waals surface area contributed by atoms with Gasteiger partial charge in [-0.2, -0.15) is 4.98 Å². The highest BCUT2D eigenvalue weighted by atomic mass is 16.6. The molecule has 0 radical (unpaired) electrons. The number of aromatic nitrogens is 2. The van der Waals surface area contributed by atoms with Gasteiger partial charge in [-0.15, -0.1) is 0 Å². The Balaban J connectivity index is 1.18. The van der Waals surface area contributed by atoms with E-state index in [1.54, 1.807) is 4.90 Å². The van der Waals surface area contributed by atoms with Crippen LogP contribution in [0.3, 0.4) is 0 Å². The Morgan fingerprint density at radius 3 is 2.83 bits per heavy atom. The van der Waals surface area contributed by atoms with Gasteiger partial charge in [-0.1, -0.05) is 11.2 Å². The molecule has 10 heteroatoms. The minimum atomic E-state index is -0.590. The summed E-state index contributed by atoms with van der Waals surface area (Å²) in [7, 11) is 0. The molecule has 1 saturated heterocycles. The van der Waals surface area contributed by atoms with E-state index in [1.807, 2.05) is 37.3 Å². The lowest BCUT2D eigenvalue weighted by Crippen LogP contribution is -2.36. The van der Waals surface area contributed by atoms with Crippen LogP contribution in [0.1, 0.15) is 35.9 Å². The average molecular weight is 480 g/mol. The van der Waals surface area contributed by atoms with Crippen LogP contribution in [0, 0.1) is 12.3 Å². The first-order chi connectivity index (χ1) is 17.0. The van der Waals surface area contributed by atoms with Crippen molar-refractivity contribution in [2.24, 2.45) is 5.73 Å². The van der Waals surface area contributed by atoms with Gasteiger partial charge in [-0.3, -0.25) is 5.41 Å². The first-order valence-electron chi connectivity index (χ1n) is 11.7. The summed E-state index contributed by atoms with van der Waals surface area (Å²) in [6, 6.07) is 11.4. The van der Waals surface area contributed by atoms with E-state index in [2.05, 4.69) is 16.2 Å². The summed E-state index contributed by atoms with van der Waals surface area (Å²) in [5.74, 6) is 3.07.